The van der Waals surface area contributed by atoms with E-state index >= 15 is 0 Å². The Morgan fingerprint density at radius 1 is 1.07 bits per heavy atom. The fourth-order valence-electron chi connectivity index (χ4n) is 3.23. The van der Waals surface area contributed by atoms with Crippen molar-refractivity contribution in [3.63, 3.8) is 0 Å². The van der Waals surface area contributed by atoms with Gasteiger partial charge >= 0.3 is 0 Å². The second-order valence-electron chi connectivity index (χ2n) is 6.68. The average molecular weight is 385 g/mol. The van der Waals surface area contributed by atoms with Crippen molar-refractivity contribution in [2.45, 2.75) is 32.0 Å². The van der Waals surface area contributed by atoms with Gasteiger partial charge in [-0.3, -0.25) is 9.88 Å². The summed E-state index contributed by atoms with van der Waals surface area (Å²) in [5, 5.41) is 4.79. The number of halogens is 1. The van der Waals surface area contributed by atoms with Crippen molar-refractivity contribution in [2.24, 2.45) is 0 Å². The molecule has 3 heterocycles. The fourth-order valence-corrected chi connectivity index (χ4v) is 3.36. The van der Waals surface area contributed by atoms with Gasteiger partial charge < -0.3 is 9.26 Å². The molecule has 0 bridgehead atoms. The van der Waals surface area contributed by atoms with Crippen LogP contribution in [0.15, 0.2) is 53.3 Å². The number of benzene rings is 1. The maximum Gasteiger partial charge on any atom is 0.241 e. The van der Waals surface area contributed by atoms with E-state index in [-0.39, 0.29) is 6.10 Å². The van der Waals surface area contributed by atoms with E-state index in [1.165, 1.54) is 5.56 Å². The molecule has 1 fully saturated rings. The van der Waals surface area contributed by atoms with E-state index in [1.807, 2.05) is 48.8 Å². The number of rotatable bonds is 7. The topological polar surface area (TPSA) is 64.3 Å². The Bertz CT molecular complexity index is 848. The number of ether oxygens (including phenoxy) is 1. The van der Waals surface area contributed by atoms with E-state index in [4.69, 9.17) is 20.9 Å². The van der Waals surface area contributed by atoms with Crippen LogP contribution in [0.4, 0.5) is 0 Å². The minimum Gasteiger partial charge on any atom is -0.377 e. The summed E-state index contributed by atoms with van der Waals surface area (Å²) in [4.78, 5) is 10.9. The highest BCUT2D eigenvalue weighted by Crippen LogP contribution is 2.20. The summed E-state index contributed by atoms with van der Waals surface area (Å²) in [6.07, 6.45) is 6.09. The van der Waals surface area contributed by atoms with Crippen molar-refractivity contribution < 1.29 is 9.26 Å². The monoisotopic (exact) mass is 384 g/mol. The van der Waals surface area contributed by atoms with Crippen molar-refractivity contribution in [2.75, 3.05) is 13.2 Å². The SMILES string of the molecule is Clc1ccc(-c2noc(CN(Cc3ccncc3)C[C@H]3CCCO3)n2)cc1. The van der Waals surface area contributed by atoms with E-state index in [1.54, 1.807) is 0 Å². The van der Waals surface area contributed by atoms with Crippen molar-refractivity contribution in [1.29, 1.82) is 0 Å². The van der Waals surface area contributed by atoms with Gasteiger partial charge in [0.1, 0.15) is 0 Å². The average Bonchev–Trinajstić information content (AvgIpc) is 3.35. The first-order chi connectivity index (χ1) is 13.3. The molecule has 27 heavy (non-hydrogen) atoms. The van der Waals surface area contributed by atoms with E-state index < -0.39 is 0 Å². The Kier molecular flexibility index (Phi) is 5.77. The lowest BCUT2D eigenvalue weighted by Crippen LogP contribution is -2.31. The van der Waals surface area contributed by atoms with Crippen LogP contribution >= 0.6 is 11.6 Å². The van der Waals surface area contributed by atoms with Gasteiger partial charge in [0.25, 0.3) is 0 Å². The summed E-state index contributed by atoms with van der Waals surface area (Å²) in [6, 6.07) is 11.5. The highest BCUT2D eigenvalue weighted by atomic mass is 35.5. The highest BCUT2D eigenvalue weighted by molar-refractivity contribution is 6.30. The second kappa shape index (κ2) is 8.61. The molecule has 0 amide bonds. The molecule has 140 valence electrons. The second-order valence-corrected chi connectivity index (χ2v) is 7.12. The summed E-state index contributed by atoms with van der Waals surface area (Å²) >= 11 is 5.94. The standard InChI is InChI=1S/C20H21ClN4O2/c21-17-5-3-16(4-6-17)20-23-19(27-24-20)14-25(13-18-2-1-11-26-18)12-15-7-9-22-10-8-15/h3-10,18H,1-2,11-14H2/t18-/m1/s1. The molecule has 1 aliphatic rings. The molecule has 0 saturated carbocycles. The first kappa shape index (κ1) is 18.1. The molecule has 7 heteroatoms. The predicted molar refractivity (Wildman–Crippen MR) is 102 cm³/mol. The summed E-state index contributed by atoms with van der Waals surface area (Å²) in [5.74, 6) is 1.16. The molecule has 1 aliphatic heterocycles. The van der Waals surface area contributed by atoms with E-state index in [0.717, 1.165) is 38.1 Å². The zero-order valence-electron chi connectivity index (χ0n) is 14.9. The summed E-state index contributed by atoms with van der Waals surface area (Å²) in [6.45, 7) is 3.03. The summed E-state index contributed by atoms with van der Waals surface area (Å²) < 4.78 is 11.3. The quantitative estimate of drug-likeness (QED) is 0.614. The smallest absolute Gasteiger partial charge is 0.241 e. The van der Waals surface area contributed by atoms with Gasteiger partial charge in [0.2, 0.25) is 11.7 Å². The van der Waals surface area contributed by atoms with Crippen LogP contribution < -0.4 is 0 Å². The molecule has 1 saturated heterocycles. The maximum absolute atomic E-state index is 5.94. The van der Waals surface area contributed by atoms with Crippen LogP contribution in [-0.2, 0) is 17.8 Å². The van der Waals surface area contributed by atoms with Gasteiger partial charge in [0.15, 0.2) is 0 Å². The third-order valence-electron chi connectivity index (χ3n) is 4.57. The van der Waals surface area contributed by atoms with Gasteiger partial charge in [-0.05, 0) is 54.8 Å². The molecule has 0 unspecified atom stereocenters. The molecule has 1 atom stereocenters. The molecule has 0 spiro atoms. The van der Waals surface area contributed by atoms with Gasteiger partial charge in [0.05, 0.1) is 12.6 Å². The van der Waals surface area contributed by atoms with Crippen LogP contribution in [0.2, 0.25) is 5.02 Å². The Labute approximate surface area is 163 Å². The van der Waals surface area contributed by atoms with Crippen LogP contribution in [0, 0.1) is 0 Å². The van der Waals surface area contributed by atoms with E-state index in [9.17, 15) is 0 Å². The minimum absolute atomic E-state index is 0.255. The molecular weight excluding hydrogens is 364 g/mol. The first-order valence-electron chi connectivity index (χ1n) is 9.07. The summed E-state index contributed by atoms with van der Waals surface area (Å²) in [5.41, 5.74) is 2.08. The van der Waals surface area contributed by atoms with Crippen molar-refractivity contribution in [3.8, 4) is 11.4 Å². The lowest BCUT2D eigenvalue weighted by Gasteiger charge is -2.23. The van der Waals surface area contributed by atoms with Crippen molar-refractivity contribution >= 4 is 11.6 Å². The fraction of sp³-hybridized carbons (Fsp3) is 0.350. The lowest BCUT2D eigenvalue weighted by atomic mass is 10.2. The Balaban J connectivity index is 1.47. The highest BCUT2D eigenvalue weighted by Gasteiger charge is 2.21. The molecule has 0 radical (unpaired) electrons. The van der Waals surface area contributed by atoms with Crippen LogP contribution in [0.25, 0.3) is 11.4 Å². The largest absolute Gasteiger partial charge is 0.377 e. The number of aromatic nitrogens is 3. The summed E-state index contributed by atoms with van der Waals surface area (Å²) in [7, 11) is 0. The van der Waals surface area contributed by atoms with E-state index in [0.29, 0.717) is 23.3 Å². The number of nitrogens with zero attached hydrogens (tertiary/aromatic N) is 4. The Morgan fingerprint density at radius 3 is 2.63 bits per heavy atom. The van der Waals surface area contributed by atoms with Gasteiger partial charge in [-0.25, -0.2) is 0 Å². The molecular formula is C20H21ClN4O2. The first-order valence-corrected chi connectivity index (χ1v) is 9.45. The molecule has 4 rings (SSSR count). The third kappa shape index (κ3) is 4.91. The normalized spacial score (nSPS) is 16.9. The predicted octanol–water partition coefficient (Wildman–Crippen LogP) is 3.97. The van der Waals surface area contributed by atoms with Gasteiger partial charge in [0, 0.05) is 42.7 Å². The molecule has 3 aromatic rings. The Morgan fingerprint density at radius 2 is 1.89 bits per heavy atom. The maximum atomic E-state index is 5.94. The van der Waals surface area contributed by atoms with Crippen LogP contribution in [-0.4, -0.2) is 39.3 Å². The van der Waals surface area contributed by atoms with Gasteiger partial charge in [-0.15, -0.1) is 0 Å². The van der Waals surface area contributed by atoms with E-state index in [2.05, 4.69) is 20.0 Å². The van der Waals surface area contributed by atoms with Crippen LogP contribution in [0.5, 0.6) is 0 Å². The van der Waals surface area contributed by atoms with Crippen LogP contribution in [0.3, 0.4) is 0 Å². The number of hydrogen-bond acceptors (Lipinski definition) is 6. The number of hydrogen-bond donors (Lipinski definition) is 0. The molecule has 1 aromatic carbocycles. The van der Waals surface area contributed by atoms with Crippen molar-refractivity contribution in [3.05, 3.63) is 65.3 Å². The minimum atomic E-state index is 0.255. The third-order valence-corrected chi connectivity index (χ3v) is 4.82. The lowest BCUT2D eigenvalue weighted by molar-refractivity contribution is 0.0640. The van der Waals surface area contributed by atoms with Crippen LogP contribution in [0.1, 0.15) is 24.3 Å². The van der Waals surface area contributed by atoms with Gasteiger partial charge in [-0.1, -0.05) is 16.8 Å². The van der Waals surface area contributed by atoms with Gasteiger partial charge in [-0.2, -0.15) is 4.98 Å². The zero-order valence-corrected chi connectivity index (χ0v) is 15.7. The molecule has 0 N–H and O–H groups in total. The van der Waals surface area contributed by atoms with Crippen molar-refractivity contribution in [1.82, 2.24) is 20.0 Å². The molecule has 0 aliphatic carbocycles. The molecule has 6 nitrogen and oxygen atoms in total. The Hall–Kier alpha value is -2.28. The number of pyridine rings is 1. The zero-order chi connectivity index (χ0) is 18.5. The molecule has 2 aromatic heterocycles.